The molecule has 0 spiro atoms. The molecule has 0 saturated carbocycles. The number of likely N-dealkylation sites (tertiary alicyclic amines) is 1. The molecule has 0 aliphatic carbocycles. The molecule has 2 aliphatic rings. The first-order chi connectivity index (χ1) is 11.6. The monoisotopic (exact) mass is 367 g/mol. The Labute approximate surface area is 150 Å². The van der Waals surface area contributed by atoms with Crippen LogP contribution in [0.3, 0.4) is 0 Å². The molecule has 2 saturated heterocycles. The van der Waals surface area contributed by atoms with Gasteiger partial charge in [-0.05, 0) is 44.1 Å². The molecule has 1 aromatic heterocycles. The third-order valence-corrected chi connectivity index (χ3v) is 6.00. The highest BCUT2D eigenvalue weighted by Gasteiger charge is 2.36. The van der Waals surface area contributed by atoms with Crippen LogP contribution in [0.25, 0.3) is 10.2 Å². The van der Waals surface area contributed by atoms with Crippen molar-refractivity contribution in [3.05, 3.63) is 23.2 Å². The van der Waals surface area contributed by atoms with Gasteiger partial charge in [-0.3, -0.25) is 0 Å². The SMILES string of the molecule is O[C@@]1(CN2CCCC2)COCCN(c2nc3ccc(Cl)cc3s2)C1. The lowest BCUT2D eigenvalue weighted by molar-refractivity contribution is -0.0439. The molecule has 3 heterocycles. The molecule has 1 aromatic carbocycles. The van der Waals surface area contributed by atoms with Crippen molar-refractivity contribution in [2.24, 2.45) is 0 Å². The first-order valence-electron chi connectivity index (χ1n) is 8.45. The molecule has 0 amide bonds. The Hall–Kier alpha value is -0.920. The van der Waals surface area contributed by atoms with Crippen LogP contribution in [-0.2, 0) is 4.74 Å². The van der Waals surface area contributed by atoms with Crippen LogP contribution >= 0.6 is 22.9 Å². The third kappa shape index (κ3) is 3.53. The summed E-state index contributed by atoms with van der Waals surface area (Å²) in [6.45, 7) is 5.10. The van der Waals surface area contributed by atoms with E-state index in [-0.39, 0.29) is 0 Å². The molecule has 4 rings (SSSR count). The van der Waals surface area contributed by atoms with Crippen molar-refractivity contribution in [3.8, 4) is 0 Å². The number of anilines is 1. The second-order valence-electron chi connectivity index (χ2n) is 6.79. The van der Waals surface area contributed by atoms with E-state index in [1.54, 1.807) is 11.3 Å². The highest BCUT2D eigenvalue weighted by Crippen LogP contribution is 2.32. The molecule has 1 atom stereocenters. The van der Waals surface area contributed by atoms with Gasteiger partial charge in [-0.1, -0.05) is 22.9 Å². The van der Waals surface area contributed by atoms with E-state index in [9.17, 15) is 5.11 Å². The van der Waals surface area contributed by atoms with E-state index < -0.39 is 5.60 Å². The van der Waals surface area contributed by atoms with Gasteiger partial charge in [0.15, 0.2) is 5.13 Å². The number of hydrogen-bond donors (Lipinski definition) is 1. The molecule has 2 fully saturated rings. The standard InChI is InChI=1S/C17H22ClN3O2S/c18-13-3-4-14-15(9-13)24-16(19-14)21-7-8-23-12-17(22,11-21)10-20-5-1-2-6-20/h3-4,9,22H,1-2,5-8,10-12H2/t17-/m1/s1. The Balaban J connectivity index is 1.56. The average Bonchev–Trinajstić information content (AvgIpc) is 3.15. The Morgan fingerprint density at radius 3 is 2.96 bits per heavy atom. The number of thiazole rings is 1. The summed E-state index contributed by atoms with van der Waals surface area (Å²) in [5.41, 5.74) is 0.101. The van der Waals surface area contributed by atoms with Crippen LogP contribution in [0.4, 0.5) is 5.13 Å². The molecule has 130 valence electrons. The van der Waals surface area contributed by atoms with Crippen LogP contribution in [0, 0.1) is 0 Å². The summed E-state index contributed by atoms with van der Waals surface area (Å²) in [6.07, 6.45) is 2.44. The van der Waals surface area contributed by atoms with E-state index in [1.807, 2.05) is 18.2 Å². The number of fused-ring (bicyclic) bond motifs is 1. The number of rotatable bonds is 3. The second kappa shape index (κ2) is 6.77. The van der Waals surface area contributed by atoms with Gasteiger partial charge in [-0.15, -0.1) is 0 Å². The first-order valence-corrected chi connectivity index (χ1v) is 9.64. The van der Waals surface area contributed by atoms with E-state index in [0.29, 0.717) is 26.3 Å². The van der Waals surface area contributed by atoms with Crippen LogP contribution in [0.15, 0.2) is 18.2 Å². The molecule has 1 N–H and O–H groups in total. The number of β-amino-alcohol motifs (C(OH)–C–C–N with tert-alkyl or cyclic N) is 1. The van der Waals surface area contributed by atoms with Crippen molar-refractivity contribution in [3.63, 3.8) is 0 Å². The fourth-order valence-corrected chi connectivity index (χ4v) is 4.82. The van der Waals surface area contributed by atoms with E-state index >= 15 is 0 Å². The first kappa shape index (κ1) is 16.5. The average molecular weight is 368 g/mol. The molecule has 0 unspecified atom stereocenters. The Morgan fingerprint density at radius 2 is 2.12 bits per heavy atom. The van der Waals surface area contributed by atoms with Gasteiger partial charge in [0.25, 0.3) is 0 Å². The van der Waals surface area contributed by atoms with Crippen LogP contribution in [0.2, 0.25) is 5.02 Å². The minimum Gasteiger partial charge on any atom is -0.384 e. The molecule has 2 aliphatic heterocycles. The van der Waals surface area contributed by atoms with Crippen molar-refractivity contribution in [1.82, 2.24) is 9.88 Å². The van der Waals surface area contributed by atoms with Gasteiger partial charge < -0.3 is 19.6 Å². The van der Waals surface area contributed by atoms with Gasteiger partial charge in [0.2, 0.25) is 0 Å². The number of aliphatic hydroxyl groups is 1. The summed E-state index contributed by atoms with van der Waals surface area (Å²) >= 11 is 7.70. The summed E-state index contributed by atoms with van der Waals surface area (Å²) in [5.74, 6) is 0. The highest BCUT2D eigenvalue weighted by atomic mass is 35.5. The Morgan fingerprint density at radius 1 is 1.29 bits per heavy atom. The molecular weight excluding hydrogens is 346 g/mol. The molecular formula is C17H22ClN3O2S. The molecule has 7 heteroatoms. The normalized spacial score (nSPS) is 26.2. The predicted octanol–water partition coefficient (Wildman–Crippen LogP) is 2.61. The number of ether oxygens (including phenoxy) is 1. The lowest BCUT2D eigenvalue weighted by Gasteiger charge is -2.33. The fraction of sp³-hybridized carbons (Fsp3) is 0.588. The van der Waals surface area contributed by atoms with Crippen LogP contribution in [-0.4, -0.2) is 66.5 Å². The van der Waals surface area contributed by atoms with Crippen molar-refractivity contribution in [2.45, 2.75) is 18.4 Å². The largest absolute Gasteiger partial charge is 0.384 e. The Kier molecular flexibility index (Phi) is 4.66. The minimum absolute atomic E-state index is 0.386. The lowest BCUT2D eigenvalue weighted by Crippen LogP contribution is -2.52. The lowest BCUT2D eigenvalue weighted by atomic mass is 10.0. The van der Waals surface area contributed by atoms with Crippen molar-refractivity contribution in [1.29, 1.82) is 0 Å². The maximum absolute atomic E-state index is 11.1. The number of halogens is 1. The molecule has 24 heavy (non-hydrogen) atoms. The van der Waals surface area contributed by atoms with Crippen molar-refractivity contribution in [2.75, 3.05) is 50.8 Å². The zero-order valence-corrected chi connectivity index (χ0v) is 15.2. The zero-order valence-electron chi connectivity index (χ0n) is 13.6. The summed E-state index contributed by atoms with van der Waals surface area (Å²) in [7, 11) is 0. The number of hydrogen-bond acceptors (Lipinski definition) is 6. The van der Waals surface area contributed by atoms with E-state index in [1.165, 1.54) is 12.8 Å². The molecule has 5 nitrogen and oxygen atoms in total. The topological polar surface area (TPSA) is 48.8 Å². The number of nitrogens with zero attached hydrogens (tertiary/aromatic N) is 3. The maximum Gasteiger partial charge on any atom is 0.186 e. The summed E-state index contributed by atoms with van der Waals surface area (Å²) in [6, 6.07) is 5.76. The molecule has 0 bridgehead atoms. The number of aromatic nitrogens is 1. The minimum atomic E-state index is -0.851. The summed E-state index contributed by atoms with van der Waals surface area (Å²) in [5, 5.41) is 12.8. The smallest absolute Gasteiger partial charge is 0.186 e. The van der Waals surface area contributed by atoms with E-state index in [0.717, 1.165) is 40.0 Å². The second-order valence-corrected chi connectivity index (χ2v) is 8.24. The van der Waals surface area contributed by atoms with E-state index in [4.69, 9.17) is 21.3 Å². The van der Waals surface area contributed by atoms with Crippen molar-refractivity contribution < 1.29 is 9.84 Å². The van der Waals surface area contributed by atoms with Gasteiger partial charge in [0, 0.05) is 18.1 Å². The van der Waals surface area contributed by atoms with Crippen LogP contribution in [0.1, 0.15) is 12.8 Å². The fourth-order valence-electron chi connectivity index (χ4n) is 3.55. The van der Waals surface area contributed by atoms with Gasteiger partial charge >= 0.3 is 0 Å². The van der Waals surface area contributed by atoms with Gasteiger partial charge in [0.1, 0.15) is 5.60 Å². The molecule has 0 radical (unpaired) electrons. The summed E-state index contributed by atoms with van der Waals surface area (Å²) < 4.78 is 6.78. The molecule has 2 aromatic rings. The van der Waals surface area contributed by atoms with E-state index in [2.05, 4.69) is 9.80 Å². The van der Waals surface area contributed by atoms with Gasteiger partial charge in [-0.2, -0.15) is 0 Å². The third-order valence-electron chi connectivity index (χ3n) is 4.69. The maximum atomic E-state index is 11.1. The van der Waals surface area contributed by atoms with Gasteiger partial charge in [-0.25, -0.2) is 4.98 Å². The van der Waals surface area contributed by atoms with Crippen molar-refractivity contribution >= 4 is 38.3 Å². The van der Waals surface area contributed by atoms with Crippen LogP contribution in [0.5, 0.6) is 0 Å². The zero-order chi connectivity index (χ0) is 16.6. The quantitative estimate of drug-likeness (QED) is 0.903. The highest BCUT2D eigenvalue weighted by molar-refractivity contribution is 7.22. The van der Waals surface area contributed by atoms with Crippen LogP contribution < -0.4 is 4.90 Å². The Bertz CT molecular complexity index is 719. The predicted molar refractivity (Wildman–Crippen MR) is 98.3 cm³/mol. The summed E-state index contributed by atoms with van der Waals surface area (Å²) in [4.78, 5) is 9.21. The number of benzene rings is 1. The van der Waals surface area contributed by atoms with Gasteiger partial charge in [0.05, 0.1) is 30.0 Å².